The molecule has 0 heterocycles. The molecule has 0 bridgehead atoms. The molecule has 4 nitrogen and oxygen atoms in total. The summed E-state index contributed by atoms with van der Waals surface area (Å²) in [5.74, 6) is -0.936. The number of anilines is 1. The number of halogens is 2. The number of carbonyl (C=O) groups excluding carboxylic acids is 2. The predicted molar refractivity (Wildman–Crippen MR) is 82.2 cm³/mol. The van der Waals surface area contributed by atoms with Crippen LogP contribution in [0.4, 0.5) is 5.69 Å². The van der Waals surface area contributed by atoms with Crippen LogP contribution in [0, 0.1) is 0 Å². The summed E-state index contributed by atoms with van der Waals surface area (Å²) in [7, 11) is 1.29. The van der Waals surface area contributed by atoms with Crippen LogP contribution in [0.2, 0.25) is 10.0 Å². The number of rotatable bonds is 3. The average molecular weight is 324 g/mol. The highest BCUT2D eigenvalue weighted by molar-refractivity contribution is 6.40. The Balaban J connectivity index is 2.26. The Kier molecular flexibility index (Phi) is 4.83. The third-order valence-corrected chi connectivity index (χ3v) is 3.36. The van der Waals surface area contributed by atoms with E-state index >= 15 is 0 Å². The molecule has 108 valence electrons. The number of ether oxygens (including phenoxy) is 1. The van der Waals surface area contributed by atoms with Crippen LogP contribution in [0.15, 0.2) is 42.5 Å². The Hall–Kier alpha value is -2.04. The van der Waals surface area contributed by atoms with E-state index in [0.29, 0.717) is 11.3 Å². The fourth-order valence-electron chi connectivity index (χ4n) is 1.75. The van der Waals surface area contributed by atoms with E-state index in [9.17, 15) is 9.59 Å². The first-order valence-corrected chi connectivity index (χ1v) is 6.72. The first kappa shape index (κ1) is 15.4. The quantitative estimate of drug-likeness (QED) is 0.867. The number of nitrogens with one attached hydrogen (secondary N) is 1. The van der Waals surface area contributed by atoms with Crippen molar-refractivity contribution < 1.29 is 14.3 Å². The maximum Gasteiger partial charge on any atom is 0.337 e. The third kappa shape index (κ3) is 3.54. The van der Waals surface area contributed by atoms with Gasteiger partial charge in [0.15, 0.2) is 0 Å². The second-order valence-electron chi connectivity index (χ2n) is 4.12. The van der Waals surface area contributed by atoms with Crippen LogP contribution in [0.25, 0.3) is 0 Å². The molecule has 0 saturated heterocycles. The van der Waals surface area contributed by atoms with E-state index in [1.165, 1.54) is 13.2 Å². The Morgan fingerprint density at radius 2 is 1.67 bits per heavy atom. The highest BCUT2D eigenvalue weighted by Gasteiger charge is 2.15. The van der Waals surface area contributed by atoms with Gasteiger partial charge in [0.05, 0.1) is 28.3 Å². The molecule has 0 radical (unpaired) electrons. The molecule has 0 atom stereocenters. The highest BCUT2D eigenvalue weighted by Crippen LogP contribution is 2.25. The first-order chi connectivity index (χ1) is 10.0. The van der Waals surface area contributed by atoms with Gasteiger partial charge in [-0.2, -0.15) is 0 Å². The molecular formula is C15H11Cl2NO3. The number of hydrogen-bond acceptors (Lipinski definition) is 3. The van der Waals surface area contributed by atoms with Crippen LogP contribution < -0.4 is 5.32 Å². The van der Waals surface area contributed by atoms with Crippen molar-refractivity contribution >= 4 is 40.8 Å². The molecule has 1 N–H and O–H groups in total. The standard InChI is InChI=1S/C15H11Cl2NO3/c1-21-15(20)9-4-2-5-10(8-9)18-14(19)13-11(16)6-3-7-12(13)17/h2-8H,1H3,(H,18,19). The molecule has 2 aromatic carbocycles. The topological polar surface area (TPSA) is 55.4 Å². The number of methoxy groups -OCH3 is 1. The van der Waals surface area contributed by atoms with Crippen molar-refractivity contribution in [2.45, 2.75) is 0 Å². The van der Waals surface area contributed by atoms with Crippen molar-refractivity contribution in [3.05, 3.63) is 63.6 Å². The minimum Gasteiger partial charge on any atom is -0.465 e. The van der Waals surface area contributed by atoms with E-state index in [1.54, 1.807) is 36.4 Å². The fraction of sp³-hybridized carbons (Fsp3) is 0.0667. The first-order valence-electron chi connectivity index (χ1n) is 5.96. The summed E-state index contributed by atoms with van der Waals surface area (Å²) < 4.78 is 4.63. The van der Waals surface area contributed by atoms with E-state index in [2.05, 4.69) is 10.1 Å². The summed E-state index contributed by atoms with van der Waals surface area (Å²) in [6.45, 7) is 0. The molecule has 0 aromatic heterocycles. The predicted octanol–water partition coefficient (Wildman–Crippen LogP) is 4.03. The van der Waals surface area contributed by atoms with Crippen LogP contribution in [0.1, 0.15) is 20.7 Å². The Morgan fingerprint density at radius 1 is 1.05 bits per heavy atom. The average Bonchev–Trinajstić information content (AvgIpc) is 2.46. The summed E-state index contributed by atoms with van der Waals surface area (Å²) in [5, 5.41) is 3.15. The number of carbonyl (C=O) groups is 2. The summed E-state index contributed by atoms with van der Waals surface area (Å²) in [6.07, 6.45) is 0. The van der Waals surface area contributed by atoms with E-state index in [-0.39, 0.29) is 15.6 Å². The number of hydrogen-bond donors (Lipinski definition) is 1. The molecular weight excluding hydrogens is 313 g/mol. The molecule has 21 heavy (non-hydrogen) atoms. The lowest BCUT2D eigenvalue weighted by atomic mass is 10.1. The van der Waals surface area contributed by atoms with Crippen LogP contribution in [-0.4, -0.2) is 19.0 Å². The molecule has 0 aliphatic heterocycles. The molecule has 2 aromatic rings. The van der Waals surface area contributed by atoms with Crippen LogP contribution in [0.3, 0.4) is 0 Å². The van der Waals surface area contributed by atoms with Crippen molar-refractivity contribution in [1.29, 1.82) is 0 Å². The van der Waals surface area contributed by atoms with Crippen LogP contribution >= 0.6 is 23.2 Å². The van der Waals surface area contributed by atoms with Gasteiger partial charge in [0, 0.05) is 5.69 Å². The zero-order chi connectivity index (χ0) is 15.4. The van der Waals surface area contributed by atoms with E-state index in [0.717, 1.165) is 0 Å². The van der Waals surface area contributed by atoms with E-state index < -0.39 is 11.9 Å². The van der Waals surface area contributed by atoms with Crippen LogP contribution in [-0.2, 0) is 4.74 Å². The van der Waals surface area contributed by atoms with Crippen molar-refractivity contribution in [3.8, 4) is 0 Å². The van der Waals surface area contributed by atoms with Crippen molar-refractivity contribution in [2.75, 3.05) is 12.4 Å². The lowest BCUT2D eigenvalue weighted by Crippen LogP contribution is -2.13. The molecule has 0 aliphatic carbocycles. The number of amides is 1. The van der Waals surface area contributed by atoms with Gasteiger partial charge < -0.3 is 10.1 Å². The lowest BCUT2D eigenvalue weighted by molar-refractivity contribution is 0.0600. The largest absolute Gasteiger partial charge is 0.465 e. The van der Waals surface area contributed by atoms with Crippen molar-refractivity contribution in [2.24, 2.45) is 0 Å². The lowest BCUT2D eigenvalue weighted by Gasteiger charge is -2.09. The van der Waals surface area contributed by atoms with Crippen LogP contribution in [0.5, 0.6) is 0 Å². The van der Waals surface area contributed by atoms with E-state index in [4.69, 9.17) is 23.2 Å². The molecule has 0 fully saturated rings. The smallest absolute Gasteiger partial charge is 0.337 e. The molecule has 6 heteroatoms. The highest BCUT2D eigenvalue weighted by atomic mass is 35.5. The molecule has 1 amide bonds. The van der Waals surface area contributed by atoms with Gasteiger partial charge in [-0.15, -0.1) is 0 Å². The van der Waals surface area contributed by atoms with Gasteiger partial charge in [0.25, 0.3) is 5.91 Å². The fourth-order valence-corrected chi connectivity index (χ4v) is 2.32. The zero-order valence-corrected chi connectivity index (χ0v) is 12.5. The van der Waals surface area contributed by atoms with Crippen molar-refractivity contribution in [1.82, 2.24) is 0 Å². The maximum absolute atomic E-state index is 12.2. The summed E-state index contributed by atoms with van der Waals surface area (Å²) in [6, 6.07) is 11.2. The molecule has 2 rings (SSSR count). The Bertz CT molecular complexity index is 681. The third-order valence-electron chi connectivity index (χ3n) is 2.73. The van der Waals surface area contributed by atoms with Gasteiger partial charge in [-0.05, 0) is 30.3 Å². The van der Waals surface area contributed by atoms with Crippen molar-refractivity contribution in [3.63, 3.8) is 0 Å². The molecule has 0 aliphatic rings. The summed E-state index contributed by atoms with van der Waals surface area (Å²) >= 11 is 12.0. The number of benzene rings is 2. The minimum atomic E-state index is -0.484. The second kappa shape index (κ2) is 6.61. The van der Waals surface area contributed by atoms with E-state index in [1.807, 2.05) is 0 Å². The molecule has 0 unspecified atom stereocenters. The maximum atomic E-state index is 12.2. The molecule has 0 spiro atoms. The number of esters is 1. The van der Waals surface area contributed by atoms with Gasteiger partial charge in [0.2, 0.25) is 0 Å². The van der Waals surface area contributed by atoms with Gasteiger partial charge in [-0.3, -0.25) is 4.79 Å². The zero-order valence-electron chi connectivity index (χ0n) is 11.0. The summed E-state index contributed by atoms with van der Waals surface area (Å²) in [4.78, 5) is 23.7. The van der Waals surface area contributed by atoms with Gasteiger partial charge in [0.1, 0.15) is 0 Å². The Morgan fingerprint density at radius 3 is 2.29 bits per heavy atom. The summed E-state index contributed by atoms with van der Waals surface area (Å²) in [5.41, 5.74) is 0.962. The van der Waals surface area contributed by atoms with Gasteiger partial charge in [-0.1, -0.05) is 35.3 Å². The Labute approximate surface area is 131 Å². The SMILES string of the molecule is COC(=O)c1cccc(NC(=O)c2c(Cl)cccc2Cl)c1. The monoisotopic (exact) mass is 323 g/mol. The second-order valence-corrected chi connectivity index (χ2v) is 4.94. The normalized spacial score (nSPS) is 10.0. The van der Waals surface area contributed by atoms with Gasteiger partial charge in [-0.25, -0.2) is 4.79 Å². The van der Waals surface area contributed by atoms with Gasteiger partial charge >= 0.3 is 5.97 Å². The molecule has 0 saturated carbocycles. The minimum absolute atomic E-state index is 0.185.